The van der Waals surface area contributed by atoms with Gasteiger partial charge in [-0.25, -0.2) is 0 Å². The highest BCUT2D eigenvalue weighted by Gasteiger charge is 2.08. The summed E-state index contributed by atoms with van der Waals surface area (Å²) in [7, 11) is 1.74. The predicted octanol–water partition coefficient (Wildman–Crippen LogP) is 0.998. The second-order valence-corrected chi connectivity index (χ2v) is 5.09. The van der Waals surface area contributed by atoms with Gasteiger partial charge in [0.25, 0.3) is 0 Å². The fourth-order valence-electron chi connectivity index (χ4n) is 2.43. The number of piperazine rings is 1. The third kappa shape index (κ3) is 4.49. The molecule has 2 rings (SSSR count). The van der Waals surface area contributed by atoms with Crippen molar-refractivity contribution < 1.29 is 4.74 Å². The number of benzene rings is 1. The zero-order chi connectivity index (χ0) is 13.5. The molecule has 1 fully saturated rings. The van der Waals surface area contributed by atoms with Crippen molar-refractivity contribution >= 4 is 0 Å². The Labute approximate surface area is 116 Å². The lowest BCUT2D eigenvalue weighted by atomic mass is 10.1. The molecular formula is C15H25N3O. The Bertz CT molecular complexity index is 389. The summed E-state index contributed by atoms with van der Waals surface area (Å²) in [6.07, 6.45) is 1.01. The van der Waals surface area contributed by atoms with Crippen molar-refractivity contribution in [3.05, 3.63) is 29.3 Å². The Morgan fingerprint density at radius 2 is 2.11 bits per heavy atom. The van der Waals surface area contributed by atoms with Crippen molar-refractivity contribution in [2.45, 2.75) is 13.3 Å². The van der Waals surface area contributed by atoms with E-state index in [9.17, 15) is 0 Å². The quantitative estimate of drug-likeness (QED) is 0.751. The monoisotopic (exact) mass is 263 g/mol. The largest absolute Gasteiger partial charge is 0.496 e. The lowest BCUT2D eigenvalue weighted by molar-refractivity contribution is 0.224. The number of hydrogen-bond donors (Lipinski definition) is 2. The van der Waals surface area contributed by atoms with Crippen LogP contribution in [-0.4, -0.2) is 51.4 Å². The molecule has 1 saturated heterocycles. The van der Waals surface area contributed by atoms with Crippen LogP contribution in [0.5, 0.6) is 5.75 Å². The van der Waals surface area contributed by atoms with Crippen LogP contribution in [0.15, 0.2) is 18.2 Å². The van der Waals surface area contributed by atoms with Crippen LogP contribution < -0.4 is 15.4 Å². The maximum Gasteiger partial charge on any atom is 0.122 e. The molecule has 4 heteroatoms. The lowest BCUT2D eigenvalue weighted by Crippen LogP contribution is -2.47. The van der Waals surface area contributed by atoms with Gasteiger partial charge in [-0.05, 0) is 25.0 Å². The van der Waals surface area contributed by atoms with E-state index >= 15 is 0 Å². The van der Waals surface area contributed by atoms with Crippen LogP contribution in [0.25, 0.3) is 0 Å². The molecule has 0 unspecified atom stereocenters. The van der Waals surface area contributed by atoms with E-state index in [1.807, 2.05) is 0 Å². The molecule has 1 aromatic rings. The van der Waals surface area contributed by atoms with Gasteiger partial charge in [0.15, 0.2) is 0 Å². The second-order valence-electron chi connectivity index (χ2n) is 5.09. The van der Waals surface area contributed by atoms with E-state index in [1.54, 1.807) is 7.11 Å². The number of methoxy groups -OCH3 is 1. The van der Waals surface area contributed by atoms with Gasteiger partial charge in [-0.2, -0.15) is 0 Å². The molecule has 0 saturated carbocycles. The van der Waals surface area contributed by atoms with E-state index in [0.29, 0.717) is 0 Å². The van der Waals surface area contributed by atoms with Gasteiger partial charge in [-0.1, -0.05) is 17.7 Å². The first-order valence-corrected chi connectivity index (χ1v) is 7.07. The minimum Gasteiger partial charge on any atom is -0.496 e. The van der Waals surface area contributed by atoms with Crippen LogP contribution >= 0.6 is 0 Å². The van der Waals surface area contributed by atoms with E-state index in [0.717, 1.165) is 51.6 Å². The van der Waals surface area contributed by atoms with Crippen LogP contribution in [0.3, 0.4) is 0 Å². The Morgan fingerprint density at radius 3 is 2.84 bits per heavy atom. The summed E-state index contributed by atoms with van der Waals surface area (Å²) in [6.45, 7) is 8.58. The Kier molecular flexibility index (Phi) is 5.63. The molecule has 0 radical (unpaired) electrons. The summed E-state index contributed by atoms with van der Waals surface area (Å²) in [5.74, 6) is 0.995. The summed E-state index contributed by atoms with van der Waals surface area (Å²) in [5.41, 5.74) is 2.58. The normalized spacial score (nSPS) is 16.5. The molecule has 2 N–H and O–H groups in total. The molecule has 0 amide bonds. The van der Waals surface area contributed by atoms with Crippen LogP contribution in [0.1, 0.15) is 11.1 Å². The Balaban J connectivity index is 1.74. The van der Waals surface area contributed by atoms with Gasteiger partial charge in [0.2, 0.25) is 0 Å². The van der Waals surface area contributed by atoms with Crippen molar-refractivity contribution in [2.75, 3.05) is 46.5 Å². The molecule has 0 bridgehead atoms. The summed E-state index contributed by atoms with van der Waals surface area (Å²) >= 11 is 0. The van der Waals surface area contributed by atoms with Crippen molar-refractivity contribution in [3.63, 3.8) is 0 Å². The number of aryl methyl sites for hydroxylation is 1. The molecule has 1 aliphatic heterocycles. The smallest absolute Gasteiger partial charge is 0.122 e. The minimum atomic E-state index is 0.982. The Morgan fingerprint density at radius 1 is 1.32 bits per heavy atom. The molecule has 19 heavy (non-hydrogen) atoms. The fourth-order valence-corrected chi connectivity index (χ4v) is 2.43. The minimum absolute atomic E-state index is 0.982. The maximum absolute atomic E-state index is 5.40. The molecule has 1 aliphatic rings. The molecule has 0 aliphatic carbocycles. The van der Waals surface area contributed by atoms with Gasteiger partial charge in [-0.15, -0.1) is 0 Å². The molecular weight excluding hydrogens is 238 g/mol. The molecule has 0 spiro atoms. The van der Waals surface area contributed by atoms with E-state index in [2.05, 4.69) is 40.7 Å². The predicted molar refractivity (Wildman–Crippen MR) is 78.7 cm³/mol. The standard InChI is InChI=1S/C15H25N3O/c1-13-3-4-15(19-2)14(11-13)5-6-17-12-18-9-7-16-8-10-18/h3-4,11,16-17H,5-10,12H2,1-2H3. The SMILES string of the molecule is COc1ccc(C)cc1CCNCN1CCNCC1. The number of nitrogens with one attached hydrogen (secondary N) is 2. The lowest BCUT2D eigenvalue weighted by Gasteiger charge is -2.27. The van der Waals surface area contributed by atoms with Crippen molar-refractivity contribution in [1.82, 2.24) is 15.5 Å². The van der Waals surface area contributed by atoms with Gasteiger partial charge in [0, 0.05) is 39.4 Å². The van der Waals surface area contributed by atoms with Crippen LogP contribution in [0.2, 0.25) is 0 Å². The van der Waals surface area contributed by atoms with E-state index in [1.165, 1.54) is 11.1 Å². The summed E-state index contributed by atoms with van der Waals surface area (Å²) in [6, 6.07) is 6.36. The fraction of sp³-hybridized carbons (Fsp3) is 0.600. The van der Waals surface area contributed by atoms with Gasteiger partial charge >= 0.3 is 0 Å². The average molecular weight is 263 g/mol. The molecule has 1 heterocycles. The number of hydrogen-bond acceptors (Lipinski definition) is 4. The second kappa shape index (κ2) is 7.48. The van der Waals surface area contributed by atoms with Crippen molar-refractivity contribution in [2.24, 2.45) is 0 Å². The highest BCUT2D eigenvalue weighted by molar-refractivity contribution is 5.37. The Hall–Kier alpha value is -1.10. The first-order valence-electron chi connectivity index (χ1n) is 7.07. The molecule has 1 aromatic carbocycles. The zero-order valence-corrected chi connectivity index (χ0v) is 12.0. The van der Waals surface area contributed by atoms with Crippen molar-refractivity contribution in [3.8, 4) is 5.75 Å². The molecule has 0 aromatic heterocycles. The number of rotatable bonds is 6. The highest BCUT2D eigenvalue weighted by Crippen LogP contribution is 2.19. The average Bonchev–Trinajstić information content (AvgIpc) is 2.45. The zero-order valence-electron chi connectivity index (χ0n) is 12.0. The van der Waals surface area contributed by atoms with Gasteiger partial charge in [-0.3, -0.25) is 4.90 Å². The van der Waals surface area contributed by atoms with Gasteiger partial charge in [0.1, 0.15) is 5.75 Å². The van der Waals surface area contributed by atoms with Crippen LogP contribution in [0, 0.1) is 6.92 Å². The summed E-state index contributed by atoms with van der Waals surface area (Å²) < 4.78 is 5.40. The van der Waals surface area contributed by atoms with Crippen LogP contribution in [-0.2, 0) is 6.42 Å². The first kappa shape index (κ1) is 14.3. The van der Waals surface area contributed by atoms with E-state index < -0.39 is 0 Å². The third-order valence-corrected chi connectivity index (χ3v) is 3.55. The van der Waals surface area contributed by atoms with Gasteiger partial charge < -0.3 is 15.4 Å². The van der Waals surface area contributed by atoms with E-state index in [-0.39, 0.29) is 0 Å². The van der Waals surface area contributed by atoms with E-state index in [4.69, 9.17) is 4.74 Å². The topological polar surface area (TPSA) is 36.5 Å². The first-order chi connectivity index (χ1) is 9.29. The molecule has 106 valence electrons. The molecule has 0 atom stereocenters. The maximum atomic E-state index is 5.40. The molecule has 4 nitrogen and oxygen atoms in total. The third-order valence-electron chi connectivity index (χ3n) is 3.55. The highest BCUT2D eigenvalue weighted by atomic mass is 16.5. The van der Waals surface area contributed by atoms with Gasteiger partial charge in [0.05, 0.1) is 7.11 Å². The van der Waals surface area contributed by atoms with Crippen molar-refractivity contribution in [1.29, 1.82) is 0 Å². The number of ether oxygens (including phenoxy) is 1. The summed E-state index contributed by atoms with van der Waals surface area (Å²) in [5, 5.41) is 6.88. The van der Waals surface area contributed by atoms with Crippen LogP contribution in [0.4, 0.5) is 0 Å². The summed E-state index contributed by atoms with van der Waals surface area (Å²) in [4.78, 5) is 2.45. The number of nitrogens with zero attached hydrogens (tertiary/aromatic N) is 1.